The predicted octanol–water partition coefficient (Wildman–Crippen LogP) is 4.09. The third-order valence-electron chi connectivity index (χ3n) is 4.66. The first kappa shape index (κ1) is 21.9. The molecule has 1 aliphatic rings. The van der Waals surface area contributed by atoms with Crippen LogP contribution in [0, 0.1) is 0 Å². The summed E-state index contributed by atoms with van der Waals surface area (Å²) in [4.78, 5) is 32.6. The average molecular weight is 431 g/mol. The molecule has 160 valence electrons. The zero-order chi connectivity index (χ0) is 21.7. The summed E-state index contributed by atoms with van der Waals surface area (Å²) >= 11 is 5.87. The number of amides is 1. The molecule has 2 aromatic rings. The van der Waals surface area contributed by atoms with Crippen LogP contribution in [0.3, 0.4) is 0 Å². The Hall–Kier alpha value is -2.80. The van der Waals surface area contributed by atoms with E-state index in [1.807, 2.05) is 45.0 Å². The molecule has 7 nitrogen and oxygen atoms in total. The van der Waals surface area contributed by atoms with Crippen molar-refractivity contribution < 1.29 is 14.3 Å². The highest BCUT2D eigenvalue weighted by Crippen LogP contribution is 2.27. The summed E-state index contributed by atoms with van der Waals surface area (Å²) in [7, 11) is 0. The van der Waals surface area contributed by atoms with Crippen molar-refractivity contribution in [2.45, 2.75) is 26.4 Å². The molecule has 8 heteroatoms. The maximum absolute atomic E-state index is 12.5. The molecule has 0 aliphatic carbocycles. The van der Waals surface area contributed by atoms with Gasteiger partial charge in [0, 0.05) is 37.9 Å². The molecule has 1 aliphatic heterocycles. The number of rotatable bonds is 5. The lowest BCUT2D eigenvalue weighted by atomic mass is 10.1. The maximum atomic E-state index is 12.5. The highest BCUT2D eigenvalue weighted by Gasteiger charge is 2.26. The van der Waals surface area contributed by atoms with E-state index >= 15 is 0 Å². The van der Waals surface area contributed by atoms with Gasteiger partial charge in [-0.25, -0.2) is 9.78 Å². The number of anilines is 2. The van der Waals surface area contributed by atoms with Crippen LogP contribution in [0.1, 0.15) is 31.1 Å². The van der Waals surface area contributed by atoms with Crippen LogP contribution in [-0.4, -0.2) is 60.1 Å². The van der Waals surface area contributed by atoms with Gasteiger partial charge in [0.15, 0.2) is 5.78 Å². The van der Waals surface area contributed by atoms with Crippen LogP contribution in [0.4, 0.5) is 16.2 Å². The molecule has 1 aromatic heterocycles. The van der Waals surface area contributed by atoms with E-state index in [2.05, 4.69) is 15.2 Å². The number of ether oxygens (including phenoxy) is 1. The number of ketones is 1. The smallest absolute Gasteiger partial charge is 0.410 e. The first-order valence-corrected chi connectivity index (χ1v) is 10.3. The molecule has 0 spiro atoms. The van der Waals surface area contributed by atoms with Crippen molar-refractivity contribution in [2.75, 3.05) is 42.9 Å². The quantitative estimate of drug-likeness (QED) is 0.569. The number of piperazine rings is 1. The minimum Gasteiger partial charge on any atom is -0.444 e. The topological polar surface area (TPSA) is 74.8 Å². The summed E-state index contributed by atoms with van der Waals surface area (Å²) in [5, 5.41) is 3.53. The third-order valence-corrected chi connectivity index (χ3v) is 4.87. The van der Waals surface area contributed by atoms with Crippen LogP contribution in [0.5, 0.6) is 0 Å². The second kappa shape index (κ2) is 9.34. The molecule has 1 amide bonds. The zero-order valence-corrected chi connectivity index (χ0v) is 18.3. The largest absolute Gasteiger partial charge is 0.444 e. The Balaban J connectivity index is 1.61. The fourth-order valence-corrected chi connectivity index (χ4v) is 3.38. The first-order valence-electron chi connectivity index (χ1n) is 9.93. The molecule has 0 bridgehead atoms. The van der Waals surface area contributed by atoms with E-state index < -0.39 is 5.60 Å². The number of carbonyl (C=O) groups excluding carboxylic acids is 2. The number of halogens is 1. The number of nitrogens with zero attached hydrogens (tertiary/aromatic N) is 3. The van der Waals surface area contributed by atoms with Crippen molar-refractivity contribution in [3.05, 3.63) is 53.3 Å². The molecule has 0 saturated carbocycles. The Morgan fingerprint density at radius 2 is 1.83 bits per heavy atom. The SMILES string of the molecule is CC(C)(C)OC(=O)N1CCN(c2ccccc2NCC(=O)c2ccnc(Cl)c2)CC1. The van der Waals surface area contributed by atoms with E-state index in [4.69, 9.17) is 16.3 Å². The van der Waals surface area contributed by atoms with Gasteiger partial charge in [-0.05, 0) is 45.0 Å². The van der Waals surface area contributed by atoms with Crippen LogP contribution in [0.15, 0.2) is 42.6 Å². The molecule has 3 rings (SSSR count). The Bertz CT molecular complexity index is 905. The van der Waals surface area contributed by atoms with Gasteiger partial charge in [-0.2, -0.15) is 0 Å². The van der Waals surface area contributed by atoms with E-state index in [0.717, 1.165) is 11.4 Å². The van der Waals surface area contributed by atoms with Gasteiger partial charge in [-0.1, -0.05) is 23.7 Å². The zero-order valence-electron chi connectivity index (χ0n) is 17.5. The molecule has 0 unspecified atom stereocenters. The lowest BCUT2D eigenvalue weighted by Crippen LogP contribution is -2.50. The van der Waals surface area contributed by atoms with Gasteiger partial charge in [0.2, 0.25) is 0 Å². The number of carbonyl (C=O) groups is 2. The Morgan fingerprint density at radius 3 is 2.50 bits per heavy atom. The van der Waals surface area contributed by atoms with Crippen LogP contribution in [0.25, 0.3) is 0 Å². The standard InChI is InChI=1S/C22H27ClN4O3/c1-22(2,3)30-21(29)27-12-10-26(11-13-27)18-7-5-4-6-17(18)25-15-19(28)16-8-9-24-20(23)14-16/h4-9,14,25H,10-13,15H2,1-3H3. The van der Waals surface area contributed by atoms with Crippen molar-refractivity contribution in [2.24, 2.45) is 0 Å². The summed E-state index contributed by atoms with van der Waals surface area (Å²) in [6.07, 6.45) is 1.24. The maximum Gasteiger partial charge on any atom is 0.410 e. The van der Waals surface area contributed by atoms with Crippen molar-refractivity contribution in [3.8, 4) is 0 Å². The summed E-state index contributed by atoms with van der Waals surface area (Å²) < 4.78 is 5.46. The molecular formula is C22H27ClN4O3. The highest BCUT2D eigenvalue weighted by molar-refractivity contribution is 6.29. The first-order chi connectivity index (χ1) is 14.2. The van der Waals surface area contributed by atoms with Crippen molar-refractivity contribution in [1.82, 2.24) is 9.88 Å². The summed E-state index contributed by atoms with van der Waals surface area (Å²) in [5.74, 6) is -0.0659. The van der Waals surface area contributed by atoms with Crippen LogP contribution < -0.4 is 10.2 Å². The number of hydrogen-bond acceptors (Lipinski definition) is 6. The lowest BCUT2D eigenvalue weighted by Gasteiger charge is -2.37. The minimum absolute atomic E-state index is 0.0659. The summed E-state index contributed by atoms with van der Waals surface area (Å²) in [5.41, 5.74) is 1.89. The van der Waals surface area contributed by atoms with Crippen LogP contribution >= 0.6 is 11.6 Å². The molecule has 2 heterocycles. The average Bonchev–Trinajstić information content (AvgIpc) is 2.71. The summed E-state index contributed by atoms with van der Waals surface area (Å²) in [6.45, 7) is 8.28. The molecule has 1 saturated heterocycles. The minimum atomic E-state index is -0.504. The normalized spacial score (nSPS) is 14.4. The second-order valence-electron chi connectivity index (χ2n) is 8.12. The number of Topliss-reactive ketones (excluding diaryl/α,β-unsaturated/α-hetero) is 1. The predicted molar refractivity (Wildman–Crippen MR) is 119 cm³/mol. The molecular weight excluding hydrogens is 404 g/mol. The Kier molecular flexibility index (Phi) is 6.82. The van der Waals surface area contributed by atoms with Crippen LogP contribution in [0.2, 0.25) is 5.15 Å². The monoisotopic (exact) mass is 430 g/mol. The fourth-order valence-electron chi connectivity index (χ4n) is 3.21. The molecule has 0 atom stereocenters. The number of hydrogen-bond donors (Lipinski definition) is 1. The van der Waals surface area contributed by atoms with E-state index in [1.54, 1.807) is 17.0 Å². The number of para-hydroxylation sites is 2. The van der Waals surface area contributed by atoms with Crippen molar-refractivity contribution >= 4 is 34.9 Å². The lowest BCUT2D eigenvalue weighted by molar-refractivity contribution is 0.0240. The van der Waals surface area contributed by atoms with E-state index in [-0.39, 0.29) is 18.4 Å². The van der Waals surface area contributed by atoms with E-state index in [0.29, 0.717) is 36.9 Å². The van der Waals surface area contributed by atoms with Gasteiger partial charge in [-0.3, -0.25) is 4.79 Å². The van der Waals surface area contributed by atoms with Gasteiger partial charge < -0.3 is 19.9 Å². The molecule has 1 fully saturated rings. The number of pyridine rings is 1. The molecule has 0 radical (unpaired) electrons. The van der Waals surface area contributed by atoms with Gasteiger partial charge >= 0.3 is 6.09 Å². The third kappa shape index (κ3) is 5.86. The fraction of sp³-hybridized carbons (Fsp3) is 0.409. The Morgan fingerprint density at radius 1 is 1.13 bits per heavy atom. The molecule has 1 N–H and O–H groups in total. The van der Waals surface area contributed by atoms with E-state index in [1.165, 1.54) is 6.20 Å². The second-order valence-corrected chi connectivity index (χ2v) is 8.50. The van der Waals surface area contributed by atoms with Crippen molar-refractivity contribution in [3.63, 3.8) is 0 Å². The molecule has 1 aromatic carbocycles. The van der Waals surface area contributed by atoms with E-state index in [9.17, 15) is 9.59 Å². The highest BCUT2D eigenvalue weighted by atomic mass is 35.5. The molecule has 30 heavy (non-hydrogen) atoms. The Labute approximate surface area is 182 Å². The van der Waals surface area contributed by atoms with Crippen molar-refractivity contribution in [1.29, 1.82) is 0 Å². The van der Waals surface area contributed by atoms with Gasteiger partial charge in [0.25, 0.3) is 0 Å². The number of benzene rings is 1. The van der Waals surface area contributed by atoms with Gasteiger partial charge in [0.05, 0.1) is 17.9 Å². The van der Waals surface area contributed by atoms with Crippen LogP contribution in [-0.2, 0) is 4.74 Å². The van der Waals surface area contributed by atoms with Gasteiger partial charge in [-0.15, -0.1) is 0 Å². The summed E-state index contributed by atoms with van der Waals surface area (Å²) in [6, 6.07) is 11.1. The number of nitrogens with one attached hydrogen (secondary N) is 1. The number of aromatic nitrogens is 1. The van der Waals surface area contributed by atoms with Gasteiger partial charge in [0.1, 0.15) is 10.8 Å².